The molecule has 0 spiro atoms. The Hall–Kier alpha value is -0.770. The van der Waals surface area contributed by atoms with E-state index in [0.717, 1.165) is 32.1 Å². The summed E-state index contributed by atoms with van der Waals surface area (Å²) in [5, 5.41) is 3.61. The predicted octanol–water partition coefficient (Wildman–Crippen LogP) is 2.44. The van der Waals surface area contributed by atoms with Crippen molar-refractivity contribution >= 4 is 6.03 Å². The van der Waals surface area contributed by atoms with Gasteiger partial charge < -0.3 is 15.1 Å². The Morgan fingerprint density at radius 3 is 2.50 bits per heavy atom. The highest BCUT2D eigenvalue weighted by Gasteiger charge is 2.36. The number of urea groups is 1. The summed E-state index contributed by atoms with van der Waals surface area (Å²) in [6.07, 6.45) is 8.50. The summed E-state index contributed by atoms with van der Waals surface area (Å²) in [5.74, 6) is 0.785. The van der Waals surface area contributed by atoms with Crippen LogP contribution in [0.3, 0.4) is 0 Å². The fraction of sp³-hybridized carbons (Fsp3) is 0.938. The number of carbonyl (C=O) groups is 1. The van der Waals surface area contributed by atoms with Crippen molar-refractivity contribution in [3.63, 3.8) is 0 Å². The Morgan fingerprint density at radius 1 is 1.00 bits per heavy atom. The summed E-state index contributed by atoms with van der Waals surface area (Å²) in [7, 11) is 0. The van der Waals surface area contributed by atoms with Gasteiger partial charge in [0.05, 0.1) is 0 Å². The first-order valence-electron chi connectivity index (χ1n) is 8.54. The van der Waals surface area contributed by atoms with Crippen LogP contribution >= 0.6 is 0 Å². The van der Waals surface area contributed by atoms with Crippen LogP contribution < -0.4 is 5.32 Å². The van der Waals surface area contributed by atoms with E-state index in [-0.39, 0.29) is 0 Å². The Kier molecular flexibility index (Phi) is 4.49. The third kappa shape index (κ3) is 2.95. The molecular weight excluding hydrogens is 250 g/mol. The van der Waals surface area contributed by atoms with Gasteiger partial charge in [0.2, 0.25) is 0 Å². The fourth-order valence-electron chi connectivity index (χ4n) is 4.03. The molecule has 3 fully saturated rings. The summed E-state index contributed by atoms with van der Waals surface area (Å²) in [4.78, 5) is 17.2. The third-order valence-electron chi connectivity index (χ3n) is 5.41. The molecular formula is C16H29N3O. The van der Waals surface area contributed by atoms with E-state index in [1.54, 1.807) is 0 Å². The van der Waals surface area contributed by atoms with Gasteiger partial charge in [-0.2, -0.15) is 0 Å². The minimum atomic E-state index is 0.315. The van der Waals surface area contributed by atoms with E-state index in [4.69, 9.17) is 0 Å². The molecule has 2 amide bonds. The summed E-state index contributed by atoms with van der Waals surface area (Å²) < 4.78 is 0. The zero-order valence-electron chi connectivity index (χ0n) is 12.8. The maximum absolute atomic E-state index is 12.9. The number of rotatable bonds is 1. The maximum atomic E-state index is 12.9. The van der Waals surface area contributed by atoms with Crippen LogP contribution in [0.15, 0.2) is 0 Å². The van der Waals surface area contributed by atoms with E-state index in [2.05, 4.69) is 22.0 Å². The fourth-order valence-corrected chi connectivity index (χ4v) is 4.03. The van der Waals surface area contributed by atoms with Gasteiger partial charge >= 0.3 is 6.03 Å². The molecule has 4 nitrogen and oxygen atoms in total. The lowest BCUT2D eigenvalue weighted by atomic mass is 9.94. The molecule has 20 heavy (non-hydrogen) atoms. The molecule has 1 N–H and O–H groups in total. The average molecular weight is 279 g/mol. The largest absolute Gasteiger partial charge is 0.325 e. The molecule has 2 atom stereocenters. The SMILES string of the molecule is CC1CCN(C(=O)N2CCCCC2C2CCCN2)CC1. The highest BCUT2D eigenvalue weighted by Crippen LogP contribution is 2.26. The molecule has 0 saturated carbocycles. The molecule has 0 bridgehead atoms. The van der Waals surface area contributed by atoms with Crippen molar-refractivity contribution in [3.05, 3.63) is 0 Å². The monoisotopic (exact) mass is 279 g/mol. The molecule has 3 aliphatic rings. The highest BCUT2D eigenvalue weighted by molar-refractivity contribution is 5.75. The average Bonchev–Trinajstić information content (AvgIpc) is 3.01. The first kappa shape index (κ1) is 14.2. The van der Waals surface area contributed by atoms with Crippen molar-refractivity contribution in [3.8, 4) is 0 Å². The standard InChI is InChI=1S/C16H29N3O/c1-13-7-11-18(12-8-13)16(20)19-10-3-2-6-15(19)14-5-4-9-17-14/h13-15,17H,2-12H2,1H3. The van der Waals surface area contributed by atoms with Crippen LogP contribution in [0.4, 0.5) is 4.79 Å². The summed E-state index contributed by atoms with van der Waals surface area (Å²) >= 11 is 0. The second kappa shape index (κ2) is 6.33. The lowest BCUT2D eigenvalue weighted by molar-refractivity contribution is 0.0916. The quantitative estimate of drug-likeness (QED) is 0.800. The van der Waals surface area contributed by atoms with Gasteiger partial charge in [-0.1, -0.05) is 6.92 Å². The first-order chi connectivity index (χ1) is 9.75. The highest BCUT2D eigenvalue weighted by atomic mass is 16.2. The number of likely N-dealkylation sites (tertiary alicyclic amines) is 2. The maximum Gasteiger partial charge on any atom is 0.320 e. The predicted molar refractivity (Wildman–Crippen MR) is 80.7 cm³/mol. The molecule has 0 aliphatic carbocycles. The Balaban J connectivity index is 1.64. The first-order valence-corrected chi connectivity index (χ1v) is 8.54. The minimum Gasteiger partial charge on any atom is -0.325 e. The molecule has 0 aromatic rings. The Morgan fingerprint density at radius 2 is 1.80 bits per heavy atom. The van der Waals surface area contributed by atoms with Crippen LogP contribution in [-0.2, 0) is 0 Å². The van der Waals surface area contributed by atoms with Gasteiger partial charge in [-0.15, -0.1) is 0 Å². The molecule has 3 rings (SSSR count). The van der Waals surface area contributed by atoms with Crippen LogP contribution in [0.2, 0.25) is 0 Å². The molecule has 3 heterocycles. The zero-order valence-corrected chi connectivity index (χ0v) is 12.8. The van der Waals surface area contributed by atoms with E-state index in [1.165, 1.54) is 44.9 Å². The van der Waals surface area contributed by atoms with Gasteiger partial charge in [-0.25, -0.2) is 4.79 Å². The second-order valence-corrected chi connectivity index (χ2v) is 6.91. The number of carbonyl (C=O) groups excluding carboxylic acids is 1. The van der Waals surface area contributed by atoms with Crippen LogP contribution in [0.5, 0.6) is 0 Å². The van der Waals surface area contributed by atoms with E-state index in [0.29, 0.717) is 18.1 Å². The minimum absolute atomic E-state index is 0.315. The number of piperidine rings is 2. The van der Waals surface area contributed by atoms with Crippen molar-refractivity contribution in [1.29, 1.82) is 0 Å². The van der Waals surface area contributed by atoms with Crippen molar-refractivity contribution in [2.45, 2.75) is 64.0 Å². The number of hydrogen-bond acceptors (Lipinski definition) is 2. The van der Waals surface area contributed by atoms with Gasteiger partial charge in [-0.3, -0.25) is 0 Å². The number of amides is 2. The smallest absolute Gasteiger partial charge is 0.320 e. The van der Waals surface area contributed by atoms with Crippen LogP contribution in [0.25, 0.3) is 0 Å². The molecule has 114 valence electrons. The summed E-state index contributed by atoms with van der Waals surface area (Å²) in [6.45, 7) is 6.31. The Bertz CT molecular complexity index is 333. The van der Waals surface area contributed by atoms with E-state index < -0.39 is 0 Å². The summed E-state index contributed by atoms with van der Waals surface area (Å²) in [6, 6.07) is 1.30. The van der Waals surface area contributed by atoms with Gasteiger partial charge in [0.1, 0.15) is 0 Å². The lowest BCUT2D eigenvalue weighted by Crippen LogP contribution is -2.57. The molecule has 0 aromatic carbocycles. The van der Waals surface area contributed by atoms with Gasteiger partial charge in [0.25, 0.3) is 0 Å². The molecule has 0 radical (unpaired) electrons. The van der Waals surface area contributed by atoms with Crippen LogP contribution in [0.1, 0.15) is 51.9 Å². The Labute approximate surface area is 122 Å². The van der Waals surface area contributed by atoms with Gasteiger partial charge in [0.15, 0.2) is 0 Å². The molecule has 3 saturated heterocycles. The second-order valence-electron chi connectivity index (χ2n) is 6.91. The van der Waals surface area contributed by atoms with Crippen molar-refractivity contribution in [2.24, 2.45) is 5.92 Å². The number of hydrogen-bond donors (Lipinski definition) is 1. The third-order valence-corrected chi connectivity index (χ3v) is 5.41. The molecule has 0 aromatic heterocycles. The lowest BCUT2D eigenvalue weighted by Gasteiger charge is -2.43. The van der Waals surface area contributed by atoms with E-state index >= 15 is 0 Å². The normalized spacial score (nSPS) is 32.6. The molecule has 3 aliphatic heterocycles. The zero-order chi connectivity index (χ0) is 13.9. The van der Waals surface area contributed by atoms with Gasteiger partial charge in [0, 0.05) is 31.7 Å². The topological polar surface area (TPSA) is 35.6 Å². The van der Waals surface area contributed by atoms with Crippen molar-refractivity contribution in [2.75, 3.05) is 26.2 Å². The van der Waals surface area contributed by atoms with Gasteiger partial charge in [-0.05, 0) is 57.4 Å². The van der Waals surface area contributed by atoms with E-state index in [1.807, 2.05) is 0 Å². The van der Waals surface area contributed by atoms with Crippen molar-refractivity contribution < 1.29 is 4.79 Å². The molecule has 2 unspecified atom stereocenters. The van der Waals surface area contributed by atoms with Crippen LogP contribution in [0, 0.1) is 5.92 Å². The van der Waals surface area contributed by atoms with Crippen molar-refractivity contribution in [1.82, 2.24) is 15.1 Å². The van der Waals surface area contributed by atoms with E-state index in [9.17, 15) is 4.79 Å². The van der Waals surface area contributed by atoms with Crippen LogP contribution in [-0.4, -0.2) is 54.1 Å². The molecule has 4 heteroatoms. The summed E-state index contributed by atoms with van der Waals surface area (Å²) in [5.41, 5.74) is 0. The number of nitrogens with zero attached hydrogens (tertiary/aromatic N) is 2. The number of nitrogens with one attached hydrogen (secondary N) is 1.